The summed E-state index contributed by atoms with van der Waals surface area (Å²) in [6.45, 7) is 4.35. The molecule has 0 fully saturated rings. The van der Waals surface area contributed by atoms with Crippen LogP contribution in [0.5, 0.6) is 0 Å². The molecular weight excluding hydrogens is 298 g/mol. The molecule has 0 aromatic heterocycles. The maximum Gasteiger partial charge on any atom is 0.0449 e. The van der Waals surface area contributed by atoms with Crippen molar-refractivity contribution in [2.24, 2.45) is 5.73 Å². The second-order valence-corrected chi connectivity index (χ2v) is 6.05. The van der Waals surface area contributed by atoms with E-state index in [0.29, 0.717) is 0 Å². The molecule has 1 unspecified atom stereocenters. The standard InChI is InChI=1S/C14H21BrClN/c1-3-5-8-14(17,4-2)10-11-6-7-12(15)9-13(11)16/h6-7,9H,3-5,8,10,17H2,1-2H3. The molecule has 0 spiro atoms. The molecule has 1 aromatic carbocycles. The van der Waals surface area contributed by atoms with Crippen LogP contribution in [0, 0.1) is 0 Å². The van der Waals surface area contributed by atoms with Crippen LogP contribution in [-0.2, 0) is 6.42 Å². The van der Waals surface area contributed by atoms with Crippen LogP contribution in [0.2, 0.25) is 5.02 Å². The molecule has 0 heterocycles. The third-order valence-electron chi connectivity index (χ3n) is 3.29. The lowest BCUT2D eigenvalue weighted by Crippen LogP contribution is -2.41. The molecule has 0 radical (unpaired) electrons. The Kier molecular flexibility index (Phi) is 5.98. The highest BCUT2D eigenvalue weighted by Crippen LogP contribution is 2.27. The lowest BCUT2D eigenvalue weighted by molar-refractivity contribution is 0.365. The predicted octanol–water partition coefficient (Wildman–Crippen LogP) is 4.94. The van der Waals surface area contributed by atoms with Crippen molar-refractivity contribution in [3.8, 4) is 0 Å². The van der Waals surface area contributed by atoms with Crippen molar-refractivity contribution < 1.29 is 0 Å². The van der Waals surface area contributed by atoms with Gasteiger partial charge >= 0.3 is 0 Å². The van der Waals surface area contributed by atoms with E-state index in [0.717, 1.165) is 34.3 Å². The first-order valence-corrected chi connectivity index (χ1v) is 7.40. The minimum Gasteiger partial charge on any atom is -0.325 e. The van der Waals surface area contributed by atoms with Crippen LogP contribution < -0.4 is 5.73 Å². The molecule has 1 aromatic rings. The summed E-state index contributed by atoms with van der Waals surface area (Å²) in [5, 5.41) is 0.805. The lowest BCUT2D eigenvalue weighted by atomic mass is 9.84. The van der Waals surface area contributed by atoms with Gasteiger partial charge in [-0.1, -0.05) is 60.3 Å². The van der Waals surface area contributed by atoms with Crippen molar-refractivity contribution in [2.45, 2.75) is 51.5 Å². The third kappa shape index (κ3) is 4.61. The fraction of sp³-hybridized carbons (Fsp3) is 0.571. The van der Waals surface area contributed by atoms with Gasteiger partial charge in [0, 0.05) is 15.0 Å². The summed E-state index contributed by atoms with van der Waals surface area (Å²) in [6, 6.07) is 6.03. The largest absolute Gasteiger partial charge is 0.325 e. The molecule has 0 saturated carbocycles. The topological polar surface area (TPSA) is 26.0 Å². The van der Waals surface area contributed by atoms with Crippen LogP contribution in [0.25, 0.3) is 0 Å². The Hall–Kier alpha value is -0.0500. The zero-order valence-electron chi connectivity index (χ0n) is 10.6. The summed E-state index contributed by atoms with van der Waals surface area (Å²) in [4.78, 5) is 0. The van der Waals surface area contributed by atoms with Gasteiger partial charge in [0.1, 0.15) is 0 Å². The van der Waals surface area contributed by atoms with Crippen molar-refractivity contribution >= 4 is 27.5 Å². The van der Waals surface area contributed by atoms with Gasteiger partial charge in [0.15, 0.2) is 0 Å². The fourth-order valence-electron chi connectivity index (χ4n) is 1.96. The van der Waals surface area contributed by atoms with Crippen LogP contribution in [0.1, 0.15) is 45.1 Å². The van der Waals surface area contributed by atoms with Crippen LogP contribution in [0.3, 0.4) is 0 Å². The van der Waals surface area contributed by atoms with E-state index in [9.17, 15) is 0 Å². The number of hydrogen-bond donors (Lipinski definition) is 1. The van der Waals surface area contributed by atoms with E-state index in [1.54, 1.807) is 0 Å². The highest BCUT2D eigenvalue weighted by atomic mass is 79.9. The maximum absolute atomic E-state index is 6.45. The van der Waals surface area contributed by atoms with Crippen molar-refractivity contribution in [3.63, 3.8) is 0 Å². The normalized spacial score (nSPS) is 14.6. The Labute approximate surface area is 118 Å². The zero-order chi connectivity index (χ0) is 12.9. The first-order valence-electron chi connectivity index (χ1n) is 6.23. The van der Waals surface area contributed by atoms with E-state index >= 15 is 0 Å². The van der Waals surface area contributed by atoms with Crippen molar-refractivity contribution in [1.82, 2.24) is 0 Å². The molecule has 1 nitrogen and oxygen atoms in total. The van der Waals surface area contributed by atoms with Gasteiger partial charge in [-0.15, -0.1) is 0 Å². The van der Waals surface area contributed by atoms with Gasteiger partial charge in [0.05, 0.1) is 0 Å². The predicted molar refractivity (Wildman–Crippen MR) is 79.6 cm³/mol. The van der Waals surface area contributed by atoms with Crippen LogP contribution in [0.4, 0.5) is 0 Å². The summed E-state index contributed by atoms with van der Waals surface area (Å²) < 4.78 is 1.01. The van der Waals surface area contributed by atoms with E-state index in [1.807, 2.05) is 12.1 Å². The second-order valence-electron chi connectivity index (χ2n) is 4.73. The molecule has 96 valence electrons. The molecule has 0 amide bonds. The van der Waals surface area contributed by atoms with E-state index in [4.69, 9.17) is 17.3 Å². The molecule has 0 saturated heterocycles. The average molecular weight is 319 g/mol. The molecular formula is C14H21BrClN. The van der Waals surface area contributed by atoms with Gasteiger partial charge in [0.2, 0.25) is 0 Å². The van der Waals surface area contributed by atoms with Crippen LogP contribution in [0.15, 0.2) is 22.7 Å². The molecule has 1 rings (SSSR count). The Balaban J connectivity index is 2.79. The molecule has 17 heavy (non-hydrogen) atoms. The quantitative estimate of drug-likeness (QED) is 0.789. The monoisotopic (exact) mass is 317 g/mol. The third-order valence-corrected chi connectivity index (χ3v) is 4.14. The Morgan fingerprint density at radius 2 is 2.06 bits per heavy atom. The van der Waals surface area contributed by atoms with Crippen LogP contribution in [-0.4, -0.2) is 5.54 Å². The number of nitrogens with two attached hydrogens (primary N) is 1. The van der Waals surface area contributed by atoms with E-state index < -0.39 is 0 Å². The maximum atomic E-state index is 6.45. The SMILES string of the molecule is CCCCC(N)(CC)Cc1ccc(Br)cc1Cl. The zero-order valence-corrected chi connectivity index (χ0v) is 12.9. The van der Waals surface area contributed by atoms with Crippen molar-refractivity contribution in [3.05, 3.63) is 33.3 Å². The summed E-state index contributed by atoms with van der Waals surface area (Å²) in [6.07, 6.45) is 5.27. The number of rotatable bonds is 6. The van der Waals surface area contributed by atoms with Gasteiger partial charge in [-0.25, -0.2) is 0 Å². The average Bonchev–Trinajstić information content (AvgIpc) is 2.30. The molecule has 0 bridgehead atoms. The van der Waals surface area contributed by atoms with Gasteiger partial charge < -0.3 is 5.73 Å². The Morgan fingerprint density at radius 3 is 2.59 bits per heavy atom. The van der Waals surface area contributed by atoms with E-state index in [2.05, 4.69) is 35.8 Å². The molecule has 0 aliphatic carbocycles. The highest BCUT2D eigenvalue weighted by Gasteiger charge is 2.23. The Morgan fingerprint density at radius 1 is 1.35 bits per heavy atom. The molecule has 0 aliphatic heterocycles. The number of benzene rings is 1. The molecule has 2 N–H and O–H groups in total. The summed E-state index contributed by atoms with van der Waals surface area (Å²) >= 11 is 9.66. The number of unbranched alkanes of at least 4 members (excludes halogenated alkanes) is 1. The minimum atomic E-state index is -0.118. The van der Waals surface area contributed by atoms with Crippen LogP contribution >= 0.6 is 27.5 Å². The first kappa shape index (κ1) is 15.0. The lowest BCUT2D eigenvalue weighted by Gasteiger charge is -2.28. The minimum absolute atomic E-state index is 0.118. The van der Waals surface area contributed by atoms with Gasteiger partial charge in [-0.05, 0) is 37.0 Å². The van der Waals surface area contributed by atoms with E-state index in [-0.39, 0.29) is 5.54 Å². The number of hydrogen-bond acceptors (Lipinski definition) is 1. The van der Waals surface area contributed by atoms with Crippen molar-refractivity contribution in [1.29, 1.82) is 0 Å². The summed E-state index contributed by atoms with van der Waals surface area (Å²) in [5.41, 5.74) is 7.48. The Bertz CT molecular complexity index is 367. The molecule has 1 atom stereocenters. The summed E-state index contributed by atoms with van der Waals surface area (Å²) in [5.74, 6) is 0. The van der Waals surface area contributed by atoms with Gasteiger partial charge in [-0.3, -0.25) is 0 Å². The van der Waals surface area contributed by atoms with Crippen molar-refractivity contribution in [2.75, 3.05) is 0 Å². The highest BCUT2D eigenvalue weighted by molar-refractivity contribution is 9.10. The van der Waals surface area contributed by atoms with E-state index in [1.165, 1.54) is 12.8 Å². The van der Waals surface area contributed by atoms with Gasteiger partial charge in [-0.2, -0.15) is 0 Å². The fourth-order valence-corrected chi connectivity index (χ4v) is 2.70. The first-order chi connectivity index (χ1) is 8.00. The summed E-state index contributed by atoms with van der Waals surface area (Å²) in [7, 11) is 0. The van der Waals surface area contributed by atoms with Gasteiger partial charge in [0.25, 0.3) is 0 Å². The second kappa shape index (κ2) is 6.77. The molecule has 3 heteroatoms. The molecule has 0 aliphatic rings. The smallest absolute Gasteiger partial charge is 0.0449 e. The number of halogens is 2.